The molecular formula is C10H12N2O4. The van der Waals surface area contributed by atoms with Gasteiger partial charge in [0.15, 0.2) is 5.75 Å². The second-order valence-electron chi connectivity index (χ2n) is 3.39. The molecule has 0 unspecified atom stereocenters. The topological polar surface area (TPSA) is 73.6 Å². The summed E-state index contributed by atoms with van der Waals surface area (Å²) in [5.74, 6) is 0.673. The fraction of sp³-hybridized carbons (Fsp3) is 0.400. The summed E-state index contributed by atoms with van der Waals surface area (Å²) >= 11 is 0. The summed E-state index contributed by atoms with van der Waals surface area (Å²) in [6, 6.07) is 3.27. The molecule has 1 aromatic carbocycles. The Balaban J connectivity index is 2.36. The molecule has 1 aromatic rings. The molecule has 0 spiro atoms. The van der Waals surface area contributed by atoms with Crippen LogP contribution in [-0.2, 0) is 6.54 Å². The first-order valence-electron chi connectivity index (χ1n) is 5.00. The maximum absolute atomic E-state index is 10.8. The van der Waals surface area contributed by atoms with Crippen molar-refractivity contribution < 1.29 is 14.4 Å². The van der Waals surface area contributed by atoms with Gasteiger partial charge in [0.25, 0.3) is 0 Å². The number of fused-ring (bicyclic) bond motifs is 1. The van der Waals surface area contributed by atoms with Crippen molar-refractivity contribution in [3.05, 3.63) is 27.8 Å². The van der Waals surface area contributed by atoms with Crippen LogP contribution in [0.4, 0.5) is 5.69 Å². The predicted molar refractivity (Wildman–Crippen MR) is 56.6 cm³/mol. The highest BCUT2D eigenvalue weighted by Crippen LogP contribution is 2.41. The average molecular weight is 224 g/mol. The molecule has 2 rings (SSSR count). The van der Waals surface area contributed by atoms with Crippen LogP contribution in [0.25, 0.3) is 0 Å². The average Bonchev–Trinajstić information content (AvgIpc) is 2.72. The summed E-state index contributed by atoms with van der Waals surface area (Å²) in [5.41, 5.74) is 0.778. The van der Waals surface area contributed by atoms with Crippen LogP contribution >= 0.6 is 0 Å². The summed E-state index contributed by atoms with van der Waals surface area (Å²) in [7, 11) is 0. The molecule has 6 nitrogen and oxygen atoms in total. The third-order valence-corrected chi connectivity index (χ3v) is 2.29. The second kappa shape index (κ2) is 4.36. The number of nitro benzene ring substituents is 1. The zero-order valence-corrected chi connectivity index (χ0v) is 8.86. The van der Waals surface area contributed by atoms with Gasteiger partial charge in [0.1, 0.15) is 0 Å². The number of nitro groups is 1. The number of rotatable bonds is 4. The highest BCUT2D eigenvalue weighted by atomic mass is 16.7. The number of benzene rings is 1. The zero-order chi connectivity index (χ0) is 11.5. The van der Waals surface area contributed by atoms with E-state index >= 15 is 0 Å². The van der Waals surface area contributed by atoms with E-state index in [0.717, 1.165) is 12.1 Å². The number of hydrogen-bond acceptors (Lipinski definition) is 5. The minimum atomic E-state index is -0.455. The maximum atomic E-state index is 10.8. The Hall–Kier alpha value is -1.82. The van der Waals surface area contributed by atoms with E-state index in [9.17, 15) is 10.1 Å². The van der Waals surface area contributed by atoms with Gasteiger partial charge in [-0.1, -0.05) is 6.92 Å². The molecule has 0 atom stereocenters. The Morgan fingerprint density at radius 3 is 3.00 bits per heavy atom. The van der Waals surface area contributed by atoms with Crippen molar-refractivity contribution in [2.45, 2.75) is 13.5 Å². The minimum absolute atomic E-state index is 0.0390. The molecule has 0 bridgehead atoms. The summed E-state index contributed by atoms with van der Waals surface area (Å²) < 4.78 is 10.2. The molecule has 0 aliphatic carbocycles. The van der Waals surface area contributed by atoms with E-state index in [0.29, 0.717) is 12.3 Å². The lowest BCUT2D eigenvalue weighted by Crippen LogP contribution is -2.11. The van der Waals surface area contributed by atoms with Gasteiger partial charge in [-0.25, -0.2) is 0 Å². The Morgan fingerprint density at radius 1 is 1.50 bits per heavy atom. The van der Waals surface area contributed by atoms with Crippen LogP contribution in [0.1, 0.15) is 12.5 Å². The van der Waals surface area contributed by atoms with Crippen molar-refractivity contribution in [1.82, 2.24) is 5.32 Å². The number of hydrogen-bond donors (Lipinski definition) is 1. The Bertz CT molecular complexity index is 420. The normalized spacial score (nSPS) is 12.8. The largest absolute Gasteiger partial charge is 0.453 e. The van der Waals surface area contributed by atoms with Crippen LogP contribution in [0.5, 0.6) is 11.5 Å². The summed E-state index contributed by atoms with van der Waals surface area (Å²) in [4.78, 5) is 10.4. The molecule has 0 amide bonds. The standard InChI is InChI=1S/C10H12N2O4/c1-2-11-5-7-3-8(12(13)14)10-9(4-7)15-6-16-10/h3-4,11H,2,5-6H2,1H3. The Morgan fingerprint density at radius 2 is 2.31 bits per heavy atom. The monoisotopic (exact) mass is 224 g/mol. The van der Waals surface area contributed by atoms with Crippen molar-refractivity contribution in [2.75, 3.05) is 13.3 Å². The Labute approximate surface area is 92.3 Å². The maximum Gasteiger partial charge on any atom is 0.315 e. The first-order valence-corrected chi connectivity index (χ1v) is 5.00. The summed E-state index contributed by atoms with van der Waals surface area (Å²) in [5, 5.41) is 13.9. The first kappa shape index (κ1) is 10.7. The van der Waals surface area contributed by atoms with Crippen LogP contribution in [0.15, 0.2) is 12.1 Å². The van der Waals surface area contributed by atoms with Crippen LogP contribution in [0, 0.1) is 10.1 Å². The van der Waals surface area contributed by atoms with Gasteiger partial charge in [-0.05, 0) is 18.2 Å². The van der Waals surface area contributed by atoms with Crippen molar-refractivity contribution in [2.24, 2.45) is 0 Å². The summed E-state index contributed by atoms with van der Waals surface area (Å²) in [6.07, 6.45) is 0. The lowest BCUT2D eigenvalue weighted by Gasteiger charge is -2.04. The molecule has 0 saturated heterocycles. The third kappa shape index (κ3) is 1.92. The Kier molecular flexibility index (Phi) is 2.91. The predicted octanol–water partition coefficient (Wildman–Crippen LogP) is 1.43. The van der Waals surface area contributed by atoms with Crippen LogP contribution < -0.4 is 14.8 Å². The van der Waals surface area contributed by atoms with Gasteiger partial charge < -0.3 is 14.8 Å². The quantitative estimate of drug-likeness (QED) is 0.618. The molecule has 0 radical (unpaired) electrons. The molecule has 86 valence electrons. The number of ether oxygens (including phenoxy) is 2. The van der Waals surface area contributed by atoms with E-state index < -0.39 is 4.92 Å². The van der Waals surface area contributed by atoms with Gasteiger partial charge in [-0.3, -0.25) is 10.1 Å². The fourth-order valence-electron chi connectivity index (χ4n) is 1.55. The first-order chi connectivity index (χ1) is 7.72. The zero-order valence-electron chi connectivity index (χ0n) is 8.86. The van der Waals surface area contributed by atoms with Crippen molar-refractivity contribution >= 4 is 5.69 Å². The van der Waals surface area contributed by atoms with Gasteiger partial charge in [-0.2, -0.15) is 0 Å². The van der Waals surface area contributed by atoms with E-state index in [1.54, 1.807) is 6.07 Å². The van der Waals surface area contributed by atoms with Crippen LogP contribution in [0.2, 0.25) is 0 Å². The van der Waals surface area contributed by atoms with E-state index in [1.807, 2.05) is 6.92 Å². The highest BCUT2D eigenvalue weighted by Gasteiger charge is 2.26. The van der Waals surface area contributed by atoms with Gasteiger partial charge >= 0.3 is 5.69 Å². The lowest BCUT2D eigenvalue weighted by atomic mass is 10.1. The third-order valence-electron chi connectivity index (χ3n) is 2.29. The van der Waals surface area contributed by atoms with Gasteiger partial charge in [0.2, 0.25) is 12.5 Å². The summed E-state index contributed by atoms with van der Waals surface area (Å²) in [6.45, 7) is 3.40. The van der Waals surface area contributed by atoms with E-state index in [-0.39, 0.29) is 18.2 Å². The highest BCUT2D eigenvalue weighted by molar-refractivity contribution is 5.59. The molecule has 0 aromatic heterocycles. The van der Waals surface area contributed by atoms with E-state index in [4.69, 9.17) is 9.47 Å². The molecule has 1 aliphatic heterocycles. The molecule has 6 heteroatoms. The van der Waals surface area contributed by atoms with E-state index in [1.165, 1.54) is 6.07 Å². The van der Waals surface area contributed by atoms with Crippen LogP contribution in [0.3, 0.4) is 0 Å². The molecule has 1 aliphatic rings. The smallest absolute Gasteiger partial charge is 0.315 e. The number of nitrogens with zero attached hydrogens (tertiary/aromatic N) is 1. The van der Waals surface area contributed by atoms with Gasteiger partial charge in [0.05, 0.1) is 4.92 Å². The van der Waals surface area contributed by atoms with Crippen molar-refractivity contribution in [3.63, 3.8) is 0 Å². The molecule has 0 fully saturated rings. The van der Waals surface area contributed by atoms with Crippen molar-refractivity contribution in [3.8, 4) is 11.5 Å². The van der Waals surface area contributed by atoms with Crippen LogP contribution in [-0.4, -0.2) is 18.3 Å². The molecule has 0 saturated carbocycles. The number of nitrogens with one attached hydrogen (secondary N) is 1. The molecular weight excluding hydrogens is 212 g/mol. The van der Waals surface area contributed by atoms with Crippen molar-refractivity contribution in [1.29, 1.82) is 0 Å². The fourth-order valence-corrected chi connectivity index (χ4v) is 1.55. The molecule has 1 heterocycles. The van der Waals surface area contributed by atoms with E-state index in [2.05, 4.69) is 5.32 Å². The van der Waals surface area contributed by atoms with Gasteiger partial charge in [-0.15, -0.1) is 0 Å². The van der Waals surface area contributed by atoms with Gasteiger partial charge in [0, 0.05) is 12.6 Å². The molecule has 1 N–H and O–H groups in total. The second-order valence-corrected chi connectivity index (χ2v) is 3.39. The SMILES string of the molecule is CCNCc1cc2c(c([N+](=O)[O-])c1)OCO2. The minimum Gasteiger partial charge on any atom is -0.453 e. The lowest BCUT2D eigenvalue weighted by molar-refractivity contribution is -0.385. The molecule has 16 heavy (non-hydrogen) atoms.